The van der Waals surface area contributed by atoms with Crippen LogP contribution < -0.4 is 10.1 Å². The zero-order valence-electron chi connectivity index (χ0n) is 22.1. The first-order valence-corrected chi connectivity index (χ1v) is 13.1. The maximum absolute atomic E-state index is 13.4. The maximum atomic E-state index is 13.4. The van der Waals surface area contributed by atoms with Crippen LogP contribution in [-0.4, -0.2) is 22.9 Å². The summed E-state index contributed by atoms with van der Waals surface area (Å²) < 4.78 is 17.6. The molecule has 0 radical (unpaired) electrons. The van der Waals surface area contributed by atoms with Gasteiger partial charge in [-0.25, -0.2) is 9.78 Å². The SMILES string of the molecule is CCCCC(Oc1cccc2oc(C(=O)[C@@H](NC(=O)OCc3ccccc3)C(C)C)nc12)c1ccccc1. The fourth-order valence-corrected chi connectivity index (χ4v) is 4.19. The number of ether oxygens (including phenoxy) is 2. The summed E-state index contributed by atoms with van der Waals surface area (Å²) in [4.78, 5) is 30.4. The number of hydrogen-bond donors (Lipinski definition) is 1. The number of carbonyl (C=O) groups is 2. The molecular formula is C31H34N2O5. The van der Waals surface area contributed by atoms with Crippen molar-refractivity contribution in [3.63, 3.8) is 0 Å². The molecule has 7 heteroatoms. The summed E-state index contributed by atoms with van der Waals surface area (Å²) in [7, 11) is 0. The van der Waals surface area contributed by atoms with Crippen LogP contribution in [0.3, 0.4) is 0 Å². The molecular weight excluding hydrogens is 480 g/mol. The Morgan fingerprint density at radius 2 is 1.66 bits per heavy atom. The quantitative estimate of drug-likeness (QED) is 0.200. The van der Waals surface area contributed by atoms with Crippen molar-refractivity contribution in [2.45, 2.75) is 58.8 Å². The highest BCUT2D eigenvalue weighted by atomic mass is 16.5. The number of nitrogens with zero attached hydrogens (tertiary/aromatic N) is 1. The van der Waals surface area contributed by atoms with Gasteiger partial charge in [0.1, 0.15) is 24.5 Å². The van der Waals surface area contributed by atoms with Gasteiger partial charge in [-0.05, 0) is 42.0 Å². The lowest BCUT2D eigenvalue weighted by Gasteiger charge is -2.19. The second-order valence-electron chi connectivity index (χ2n) is 9.57. The number of benzene rings is 3. The molecule has 0 aliphatic rings. The van der Waals surface area contributed by atoms with Crippen molar-refractivity contribution < 1.29 is 23.5 Å². The number of carbonyl (C=O) groups excluding carboxylic acids is 2. The molecule has 198 valence electrons. The number of hydrogen-bond acceptors (Lipinski definition) is 6. The van der Waals surface area contributed by atoms with E-state index in [0.29, 0.717) is 16.8 Å². The van der Waals surface area contributed by atoms with Crippen molar-refractivity contribution in [3.8, 4) is 5.75 Å². The van der Waals surface area contributed by atoms with E-state index in [2.05, 4.69) is 17.2 Å². The van der Waals surface area contributed by atoms with E-state index in [-0.39, 0.29) is 24.5 Å². The summed E-state index contributed by atoms with van der Waals surface area (Å²) in [5, 5.41) is 2.68. The molecule has 0 saturated carbocycles. The van der Waals surface area contributed by atoms with E-state index in [1.54, 1.807) is 6.07 Å². The number of Topliss-reactive ketones (excluding diaryl/α,β-unsaturated/α-hetero) is 1. The zero-order valence-corrected chi connectivity index (χ0v) is 22.1. The van der Waals surface area contributed by atoms with Gasteiger partial charge in [-0.2, -0.15) is 0 Å². The summed E-state index contributed by atoms with van der Waals surface area (Å²) >= 11 is 0. The molecule has 2 atom stereocenters. The maximum Gasteiger partial charge on any atom is 0.408 e. The third kappa shape index (κ3) is 6.79. The van der Waals surface area contributed by atoms with Crippen molar-refractivity contribution in [1.82, 2.24) is 10.3 Å². The minimum absolute atomic E-state index is 0.0806. The van der Waals surface area contributed by atoms with Gasteiger partial charge in [0.2, 0.25) is 5.78 Å². The monoisotopic (exact) mass is 514 g/mol. The molecule has 0 fully saturated rings. The van der Waals surface area contributed by atoms with E-state index < -0.39 is 17.9 Å². The fraction of sp³-hybridized carbons (Fsp3) is 0.323. The summed E-state index contributed by atoms with van der Waals surface area (Å²) in [6, 6.07) is 24.0. The van der Waals surface area contributed by atoms with Crippen LogP contribution in [0.25, 0.3) is 11.1 Å². The summed E-state index contributed by atoms with van der Waals surface area (Å²) in [6.07, 6.45) is 2.09. The van der Waals surface area contributed by atoms with Crippen LogP contribution in [0.4, 0.5) is 4.79 Å². The Morgan fingerprint density at radius 1 is 0.947 bits per heavy atom. The van der Waals surface area contributed by atoms with Gasteiger partial charge in [-0.1, -0.05) is 93.9 Å². The number of para-hydroxylation sites is 1. The van der Waals surface area contributed by atoms with E-state index >= 15 is 0 Å². The largest absolute Gasteiger partial charge is 0.483 e. The van der Waals surface area contributed by atoms with E-state index in [1.165, 1.54) is 0 Å². The van der Waals surface area contributed by atoms with E-state index in [1.807, 2.05) is 86.6 Å². The zero-order chi connectivity index (χ0) is 26.9. The van der Waals surface area contributed by atoms with Gasteiger partial charge in [0, 0.05) is 0 Å². The number of unbranched alkanes of at least 4 members (excludes halogenated alkanes) is 1. The van der Waals surface area contributed by atoms with Gasteiger partial charge < -0.3 is 19.2 Å². The van der Waals surface area contributed by atoms with Crippen LogP contribution in [0.2, 0.25) is 0 Å². The lowest BCUT2D eigenvalue weighted by atomic mass is 10.00. The third-order valence-corrected chi connectivity index (χ3v) is 6.29. The predicted molar refractivity (Wildman–Crippen MR) is 146 cm³/mol. The Morgan fingerprint density at radius 3 is 2.34 bits per heavy atom. The van der Waals surface area contributed by atoms with Crippen molar-refractivity contribution >= 4 is 23.0 Å². The minimum atomic E-state index is -0.864. The number of amides is 1. The molecule has 0 spiro atoms. The van der Waals surface area contributed by atoms with Gasteiger partial charge in [-0.3, -0.25) is 4.79 Å². The molecule has 4 aromatic rings. The minimum Gasteiger partial charge on any atom is -0.483 e. The molecule has 38 heavy (non-hydrogen) atoms. The molecule has 0 aliphatic carbocycles. The molecule has 1 aromatic heterocycles. The van der Waals surface area contributed by atoms with Gasteiger partial charge in [0.25, 0.3) is 5.89 Å². The summed E-state index contributed by atoms with van der Waals surface area (Å²) in [5.41, 5.74) is 2.86. The molecule has 7 nitrogen and oxygen atoms in total. The fourth-order valence-electron chi connectivity index (χ4n) is 4.19. The molecule has 0 bridgehead atoms. The molecule has 1 unspecified atom stereocenters. The number of oxazole rings is 1. The van der Waals surface area contributed by atoms with Crippen LogP contribution in [0.5, 0.6) is 5.75 Å². The van der Waals surface area contributed by atoms with Crippen molar-refractivity contribution in [2.24, 2.45) is 5.92 Å². The first-order valence-electron chi connectivity index (χ1n) is 13.1. The molecule has 1 amide bonds. The standard InChI is InChI=1S/C31H34N2O5/c1-4-5-17-24(23-15-10-7-11-16-23)37-25-18-12-19-26-28(25)32-30(38-26)29(34)27(21(2)3)33-31(35)36-20-22-13-8-6-9-14-22/h6-16,18-19,21,24,27H,4-5,17,20H2,1-3H3,(H,33,35)/t24?,27-/m0/s1. The van der Waals surface area contributed by atoms with E-state index in [4.69, 9.17) is 13.9 Å². The lowest BCUT2D eigenvalue weighted by molar-refractivity contribution is 0.0855. The van der Waals surface area contributed by atoms with Gasteiger partial charge >= 0.3 is 6.09 Å². The summed E-state index contributed by atoms with van der Waals surface area (Å²) in [6.45, 7) is 5.94. The topological polar surface area (TPSA) is 90.7 Å². The molecule has 0 aliphatic heterocycles. The highest BCUT2D eigenvalue weighted by Gasteiger charge is 2.30. The second-order valence-corrected chi connectivity index (χ2v) is 9.57. The first-order chi connectivity index (χ1) is 18.5. The van der Waals surface area contributed by atoms with Crippen LogP contribution >= 0.6 is 0 Å². The Kier molecular flexibility index (Phi) is 9.14. The van der Waals surface area contributed by atoms with Gasteiger partial charge in [0.05, 0.1) is 0 Å². The predicted octanol–water partition coefficient (Wildman–Crippen LogP) is 7.27. The van der Waals surface area contributed by atoms with Gasteiger partial charge in [-0.15, -0.1) is 0 Å². The lowest BCUT2D eigenvalue weighted by Crippen LogP contribution is -2.44. The number of alkyl carbamates (subject to hydrolysis) is 1. The molecule has 0 saturated heterocycles. The second kappa shape index (κ2) is 12.9. The smallest absolute Gasteiger partial charge is 0.408 e. The average Bonchev–Trinajstić information content (AvgIpc) is 3.39. The number of nitrogens with one attached hydrogen (secondary N) is 1. The van der Waals surface area contributed by atoms with Crippen LogP contribution in [0.1, 0.15) is 67.9 Å². The Balaban J connectivity index is 1.52. The van der Waals surface area contributed by atoms with Gasteiger partial charge in [0.15, 0.2) is 11.1 Å². The number of ketones is 1. The van der Waals surface area contributed by atoms with E-state index in [0.717, 1.165) is 30.4 Å². The molecule has 4 rings (SSSR count). The first kappa shape index (κ1) is 26.9. The molecule has 3 aromatic carbocycles. The molecule has 1 heterocycles. The highest BCUT2D eigenvalue weighted by molar-refractivity contribution is 6.00. The Bertz CT molecular complexity index is 1330. The van der Waals surface area contributed by atoms with Crippen molar-refractivity contribution in [3.05, 3.63) is 95.9 Å². The van der Waals surface area contributed by atoms with Crippen molar-refractivity contribution in [2.75, 3.05) is 0 Å². The Labute approximate surface area is 223 Å². The van der Waals surface area contributed by atoms with Crippen LogP contribution in [0, 0.1) is 5.92 Å². The number of fused-ring (bicyclic) bond motifs is 1. The van der Waals surface area contributed by atoms with Crippen LogP contribution in [-0.2, 0) is 11.3 Å². The third-order valence-electron chi connectivity index (χ3n) is 6.29. The normalized spacial score (nSPS) is 12.7. The highest BCUT2D eigenvalue weighted by Crippen LogP contribution is 2.32. The van der Waals surface area contributed by atoms with Crippen molar-refractivity contribution in [1.29, 1.82) is 0 Å². The van der Waals surface area contributed by atoms with Crippen LogP contribution in [0.15, 0.2) is 83.3 Å². The van der Waals surface area contributed by atoms with E-state index in [9.17, 15) is 9.59 Å². The molecule has 1 N–H and O–H groups in total. The number of aromatic nitrogens is 1. The Hall–Kier alpha value is -4.13. The summed E-state index contributed by atoms with van der Waals surface area (Å²) in [5.74, 6) is -0.173. The average molecular weight is 515 g/mol. The number of rotatable bonds is 12.